The number of aryl methyl sites for hydroxylation is 1. The van der Waals surface area contributed by atoms with Crippen LogP contribution in [0, 0.1) is 0 Å². The standard InChI is InChI=1S/C9H15N3O2S/c1-6(10)4-15-5-8-7(9(13)14)3-11-12(8)2/h3,6H,4-5,10H2,1-2H3,(H,13,14). The summed E-state index contributed by atoms with van der Waals surface area (Å²) in [5.74, 6) is 0.503. The van der Waals surface area contributed by atoms with Crippen LogP contribution in [0.15, 0.2) is 6.20 Å². The molecule has 0 radical (unpaired) electrons. The summed E-state index contributed by atoms with van der Waals surface area (Å²) < 4.78 is 1.59. The fraction of sp³-hybridized carbons (Fsp3) is 0.556. The zero-order chi connectivity index (χ0) is 11.4. The monoisotopic (exact) mass is 229 g/mol. The van der Waals surface area contributed by atoms with Crippen molar-refractivity contribution in [2.24, 2.45) is 12.8 Å². The lowest BCUT2D eigenvalue weighted by molar-refractivity contribution is 0.0696. The number of aromatic nitrogens is 2. The van der Waals surface area contributed by atoms with Crippen LogP contribution >= 0.6 is 11.8 Å². The van der Waals surface area contributed by atoms with Gasteiger partial charge in [-0.3, -0.25) is 4.68 Å². The Bertz CT molecular complexity index is 349. The zero-order valence-corrected chi connectivity index (χ0v) is 9.62. The van der Waals surface area contributed by atoms with Crippen molar-refractivity contribution < 1.29 is 9.90 Å². The molecule has 5 nitrogen and oxygen atoms in total. The fourth-order valence-electron chi connectivity index (χ4n) is 1.15. The molecule has 0 aliphatic heterocycles. The fourth-order valence-corrected chi connectivity index (χ4v) is 2.18. The first-order chi connectivity index (χ1) is 7.02. The molecule has 15 heavy (non-hydrogen) atoms. The van der Waals surface area contributed by atoms with E-state index in [9.17, 15) is 4.79 Å². The van der Waals surface area contributed by atoms with Crippen molar-refractivity contribution in [2.75, 3.05) is 5.75 Å². The van der Waals surface area contributed by atoms with Crippen molar-refractivity contribution >= 4 is 17.7 Å². The Labute approximate surface area is 92.6 Å². The van der Waals surface area contributed by atoms with Crippen molar-refractivity contribution in [3.63, 3.8) is 0 Å². The summed E-state index contributed by atoms with van der Waals surface area (Å²) in [6.45, 7) is 1.92. The molecule has 1 rings (SSSR count). The van der Waals surface area contributed by atoms with E-state index >= 15 is 0 Å². The highest BCUT2D eigenvalue weighted by atomic mass is 32.2. The Morgan fingerprint density at radius 1 is 1.80 bits per heavy atom. The molecule has 1 heterocycles. The third kappa shape index (κ3) is 3.24. The van der Waals surface area contributed by atoms with E-state index in [1.807, 2.05) is 6.92 Å². The second-order valence-corrected chi connectivity index (χ2v) is 4.46. The van der Waals surface area contributed by atoms with Gasteiger partial charge in [0.2, 0.25) is 0 Å². The second-order valence-electron chi connectivity index (χ2n) is 3.43. The van der Waals surface area contributed by atoms with Crippen LogP contribution in [0.3, 0.4) is 0 Å². The molecule has 84 valence electrons. The van der Waals surface area contributed by atoms with Gasteiger partial charge < -0.3 is 10.8 Å². The minimum atomic E-state index is -0.931. The first kappa shape index (κ1) is 12.1. The molecule has 0 saturated heterocycles. The normalized spacial score (nSPS) is 12.7. The third-order valence-corrected chi connectivity index (χ3v) is 3.15. The summed E-state index contributed by atoms with van der Waals surface area (Å²) in [5.41, 5.74) is 6.61. The van der Waals surface area contributed by atoms with Crippen LogP contribution in [0.4, 0.5) is 0 Å². The van der Waals surface area contributed by atoms with Gasteiger partial charge in [-0.25, -0.2) is 4.79 Å². The lowest BCUT2D eigenvalue weighted by Crippen LogP contribution is -2.17. The summed E-state index contributed by atoms with van der Waals surface area (Å²) >= 11 is 1.62. The summed E-state index contributed by atoms with van der Waals surface area (Å²) in [6.07, 6.45) is 1.38. The largest absolute Gasteiger partial charge is 0.478 e. The van der Waals surface area contributed by atoms with Crippen LogP contribution in [0.2, 0.25) is 0 Å². The maximum Gasteiger partial charge on any atom is 0.339 e. The minimum absolute atomic E-state index is 0.122. The maximum atomic E-state index is 10.8. The molecule has 6 heteroatoms. The molecule has 0 aromatic carbocycles. The van der Waals surface area contributed by atoms with Gasteiger partial charge in [0, 0.05) is 24.6 Å². The van der Waals surface area contributed by atoms with Gasteiger partial charge >= 0.3 is 5.97 Å². The highest BCUT2D eigenvalue weighted by Crippen LogP contribution is 2.16. The van der Waals surface area contributed by atoms with E-state index in [1.54, 1.807) is 23.5 Å². The average molecular weight is 229 g/mol. The highest BCUT2D eigenvalue weighted by Gasteiger charge is 2.14. The van der Waals surface area contributed by atoms with Gasteiger partial charge in [0.25, 0.3) is 0 Å². The van der Waals surface area contributed by atoms with Gasteiger partial charge in [-0.2, -0.15) is 16.9 Å². The van der Waals surface area contributed by atoms with E-state index in [1.165, 1.54) is 6.20 Å². The SMILES string of the molecule is CC(N)CSCc1c(C(=O)O)cnn1C. The van der Waals surface area contributed by atoms with Gasteiger partial charge in [0.05, 0.1) is 11.9 Å². The third-order valence-electron chi connectivity index (χ3n) is 1.91. The molecule has 0 saturated carbocycles. The van der Waals surface area contributed by atoms with Gasteiger partial charge in [-0.05, 0) is 6.92 Å². The summed E-state index contributed by atoms with van der Waals surface area (Å²) in [4.78, 5) is 10.8. The number of thioether (sulfide) groups is 1. The van der Waals surface area contributed by atoms with E-state index in [4.69, 9.17) is 10.8 Å². The Kier molecular flexibility index (Phi) is 4.16. The Balaban J connectivity index is 2.66. The molecule has 0 bridgehead atoms. The molecule has 1 aromatic heterocycles. The zero-order valence-electron chi connectivity index (χ0n) is 8.80. The summed E-state index contributed by atoms with van der Waals surface area (Å²) in [7, 11) is 1.74. The number of aromatic carboxylic acids is 1. The van der Waals surface area contributed by atoms with Crippen LogP contribution in [-0.4, -0.2) is 32.7 Å². The first-order valence-electron chi connectivity index (χ1n) is 4.60. The van der Waals surface area contributed by atoms with Crippen molar-refractivity contribution in [2.45, 2.75) is 18.7 Å². The van der Waals surface area contributed by atoms with Gasteiger partial charge in [0.15, 0.2) is 0 Å². The van der Waals surface area contributed by atoms with Gasteiger partial charge in [-0.15, -0.1) is 0 Å². The lowest BCUT2D eigenvalue weighted by Gasteiger charge is -2.06. The summed E-state index contributed by atoms with van der Waals surface area (Å²) in [6, 6.07) is 0.122. The summed E-state index contributed by atoms with van der Waals surface area (Å²) in [5, 5.41) is 12.8. The Hall–Kier alpha value is -1.01. The first-order valence-corrected chi connectivity index (χ1v) is 5.75. The Morgan fingerprint density at radius 2 is 2.47 bits per heavy atom. The molecule has 0 aliphatic carbocycles. The second kappa shape index (κ2) is 5.18. The minimum Gasteiger partial charge on any atom is -0.478 e. The molecule has 0 spiro atoms. The number of carboxylic acids is 1. The van der Waals surface area contributed by atoms with Crippen molar-refractivity contribution in [3.8, 4) is 0 Å². The van der Waals surface area contributed by atoms with Crippen LogP contribution in [-0.2, 0) is 12.8 Å². The maximum absolute atomic E-state index is 10.8. The van der Waals surface area contributed by atoms with Gasteiger partial charge in [-0.1, -0.05) is 0 Å². The predicted molar refractivity (Wildman–Crippen MR) is 60.0 cm³/mol. The molecule has 1 aromatic rings. The van der Waals surface area contributed by atoms with Crippen LogP contribution in [0.1, 0.15) is 23.0 Å². The van der Waals surface area contributed by atoms with Gasteiger partial charge in [0.1, 0.15) is 5.56 Å². The number of nitrogens with zero attached hydrogens (tertiary/aromatic N) is 2. The molecule has 3 N–H and O–H groups in total. The predicted octanol–water partition coefficient (Wildman–Crippen LogP) is 0.699. The smallest absolute Gasteiger partial charge is 0.339 e. The van der Waals surface area contributed by atoms with E-state index in [2.05, 4.69) is 5.10 Å². The molecule has 1 unspecified atom stereocenters. The van der Waals surface area contributed by atoms with Crippen molar-refractivity contribution in [1.29, 1.82) is 0 Å². The molecular formula is C9H15N3O2S. The van der Waals surface area contributed by atoms with Crippen molar-refractivity contribution in [1.82, 2.24) is 9.78 Å². The van der Waals surface area contributed by atoms with E-state index in [0.29, 0.717) is 5.75 Å². The molecule has 0 amide bonds. The number of rotatable bonds is 5. The molecule has 0 fully saturated rings. The van der Waals surface area contributed by atoms with Crippen LogP contribution in [0.5, 0.6) is 0 Å². The average Bonchev–Trinajstić information content (AvgIpc) is 2.47. The van der Waals surface area contributed by atoms with E-state index in [-0.39, 0.29) is 11.6 Å². The number of carboxylic acid groups (broad SMARTS) is 1. The highest BCUT2D eigenvalue weighted by molar-refractivity contribution is 7.98. The quantitative estimate of drug-likeness (QED) is 0.776. The molecule has 1 atom stereocenters. The number of nitrogens with two attached hydrogens (primary N) is 1. The van der Waals surface area contributed by atoms with Crippen molar-refractivity contribution in [3.05, 3.63) is 17.5 Å². The van der Waals surface area contributed by atoms with E-state index < -0.39 is 5.97 Å². The van der Waals surface area contributed by atoms with Crippen LogP contribution < -0.4 is 5.73 Å². The van der Waals surface area contributed by atoms with E-state index in [0.717, 1.165) is 11.4 Å². The Morgan fingerprint density at radius 3 is 3.00 bits per heavy atom. The molecule has 0 aliphatic rings. The van der Waals surface area contributed by atoms with Crippen LogP contribution in [0.25, 0.3) is 0 Å². The topological polar surface area (TPSA) is 81.1 Å². The molecular weight excluding hydrogens is 214 g/mol. The number of carbonyl (C=O) groups is 1. The lowest BCUT2D eigenvalue weighted by atomic mass is 10.3. The number of hydrogen-bond acceptors (Lipinski definition) is 4. The number of hydrogen-bond donors (Lipinski definition) is 2.